The van der Waals surface area contributed by atoms with Gasteiger partial charge < -0.3 is 15.5 Å². The van der Waals surface area contributed by atoms with E-state index in [1.54, 1.807) is 19.0 Å². The minimum atomic E-state index is 0.0396. The van der Waals surface area contributed by atoms with Crippen LogP contribution in [0.15, 0.2) is 29.3 Å². The minimum Gasteiger partial charge on any atom is -0.357 e. The van der Waals surface area contributed by atoms with Crippen molar-refractivity contribution < 1.29 is 4.79 Å². The first-order chi connectivity index (χ1) is 14.0. The van der Waals surface area contributed by atoms with Crippen LogP contribution in [0.4, 0.5) is 0 Å². The maximum Gasteiger partial charge on any atom is 0.253 e. The number of piperidine rings is 1. The number of rotatable bonds is 9. The topological polar surface area (TPSA) is 60.0 Å². The fourth-order valence-electron chi connectivity index (χ4n) is 3.89. The summed E-state index contributed by atoms with van der Waals surface area (Å²) >= 11 is 0. The van der Waals surface area contributed by atoms with Crippen LogP contribution in [0.5, 0.6) is 0 Å². The number of likely N-dealkylation sites (tertiary alicyclic amines) is 1. The van der Waals surface area contributed by atoms with Crippen LogP contribution < -0.4 is 10.6 Å². The van der Waals surface area contributed by atoms with Crippen LogP contribution in [0, 0.1) is 0 Å². The molecule has 0 spiro atoms. The molecule has 162 valence electrons. The van der Waals surface area contributed by atoms with Gasteiger partial charge in [0.05, 0.1) is 6.54 Å². The first-order valence-corrected chi connectivity index (χ1v) is 11.1. The molecule has 1 atom stereocenters. The maximum atomic E-state index is 12.1. The highest BCUT2D eigenvalue weighted by Crippen LogP contribution is 2.18. The molecule has 1 fully saturated rings. The summed E-state index contributed by atoms with van der Waals surface area (Å²) in [5, 5.41) is 6.76. The number of hydrogen-bond acceptors (Lipinski definition) is 3. The Morgan fingerprint density at radius 1 is 1.24 bits per heavy atom. The molecule has 6 nitrogen and oxygen atoms in total. The first-order valence-electron chi connectivity index (χ1n) is 11.1. The van der Waals surface area contributed by atoms with Gasteiger partial charge in [0.2, 0.25) is 0 Å². The van der Waals surface area contributed by atoms with E-state index < -0.39 is 0 Å². The second-order valence-electron chi connectivity index (χ2n) is 7.93. The molecule has 6 heteroatoms. The van der Waals surface area contributed by atoms with Gasteiger partial charge in [0.1, 0.15) is 0 Å². The summed E-state index contributed by atoms with van der Waals surface area (Å²) in [4.78, 5) is 21.1. The number of guanidine groups is 1. The Kier molecular flexibility index (Phi) is 9.98. The maximum absolute atomic E-state index is 12.1. The number of hydrogen-bond donors (Lipinski definition) is 2. The zero-order valence-corrected chi connectivity index (χ0v) is 18.7. The Labute approximate surface area is 176 Å². The van der Waals surface area contributed by atoms with Gasteiger partial charge in [0.15, 0.2) is 5.96 Å². The number of aliphatic imine (C=N–C) groups is 1. The smallest absolute Gasteiger partial charge is 0.253 e. The molecule has 0 bridgehead atoms. The van der Waals surface area contributed by atoms with Crippen molar-refractivity contribution in [3.05, 3.63) is 35.4 Å². The molecule has 0 aromatic heterocycles. The molecule has 1 saturated heterocycles. The number of amides is 1. The zero-order chi connectivity index (χ0) is 21.1. The molecule has 1 aromatic carbocycles. The van der Waals surface area contributed by atoms with E-state index >= 15 is 0 Å². The van der Waals surface area contributed by atoms with Crippen LogP contribution in [-0.2, 0) is 6.42 Å². The predicted molar refractivity (Wildman–Crippen MR) is 122 cm³/mol. The van der Waals surface area contributed by atoms with Gasteiger partial charge in [0.25, 0.3) is 5.91 Å². The summed E-state index contributed by atoms with van der Waals surface area (Å²) in [7, 11) is 3.56. The fourth-order valence-corrected chi connectivity index (χ4v) is 3.89. The molecule has 1 amide bonds. The standard InChI is InChI=1S/C23H39N5O/c1-5-21-12-7-8-16-28(21)17-15-26-23(24-6-2)25-14-13-19-10-9-11-20(18-19)22(29)27(3)4/h9-11,18,21H,5-8,12-17H2,1-4H3,(H2,24,25,26). The van der Waals surface area contributed by atoms with Gasteiger partial charge in [-0.05, 0) is 56.8 Å². The molecule has 1 unspecified atom stereocenters. The second kappa shape index (κ2) is 12.5. The van der Waals surface area contributed by atoms with Crippen molar-refractivity contribution in [2.75, 3.05) is 46.8 Å². The molecule has 29 heavy (non-hydrogen) atoms. The normalized spacial score (nSPS) is 17.8. The van der Waals surface area contributed by atoms with E-state index in [4.69, 9.17) is 4.99 Å². The molecule has 0 aliphatic carbocycles. The number of nitrogens with one attached hydrogen (secondary N) is 2. The summed E-state index contributed by atoms with van der Waals surface area (Å²) < 4.78 is 0. The largest absolute Gasteiger partial charge is 0.357 e. The lowest BCUT2D eigenvalue weighted by molar-refractivity contribution is 0.0827. The lowest BCUT2D eigenvalue weighted by Gasteiger charge is -2.34. The summed E-state index contributed by atoms with van der Waals surface area (Å²) in [6, 6.07) is 8.60. The fraction of sp³-hybridized carbons (Fsp3) is 0.652. The Balaban J connectivity index is 1.83. The average molecular weight is 402 g/mol. The third kappa shape index (κ3) is 7.69. The molecule has 2 rings (SSSR count). The summed E-state index contributed by atoms with van der Waals surface area (Å²) in [5.74, 6) is 0.913. The van der Waals surface area contributed by atoms with Crippen LogP contribution in [0.3, 0.4) is 0 Å². The third-order valence-electron chi connectivity index (χ3n) is 5.51. The van der Waals surface area contributed by atoms with Crippen LogP contribution in [0.2, 0.25) is 0 Å². The Hall–Kier alpha value is -2.08. The van der Waals surface area contributed by atoms with Crippen LogP contribution >= 0.6 is 0 Å². The van der Waals surface area contributed by atoms with Crippen molar-refractivity contribution in [2.24, 2.45) is 4.99 Å². The number of nitrogens with zero attached hydrogens (tertiary/aromatic N) is 3. The number of carbonyl (C=O) groups excluding carboxylic acids is 1. The van der Waals surface area contributed by atoms with E-state index in [0.717, 1.165) is 55.7 Å². The van der Waals surface area contributed by atoms with E-state index in [1.165, 1.54) is 32.2 Å². The van der Waals surface area contributed by atoms with Crippen LogP contribution in [0.25, 0.3) is 0 Å². The molecular formula is C23H39N5O. The molecular weight excluding hydrogens is 362 g/mol. The molecule has 0 saturated carbocycles. The first kappa shape index (κ1) is 23.2. The van der Waals surface area contributed by atoms with E-state index in [1.807, 2.05) is 18.2 Å². The van der Waals surface area contributed by atoms with Gasteiger partial charge in [-0.25, -0.2) is 0 Å². The summed E-state index contributed by atoms with van der Waals surface area (Å²) in [6.45, 7) is 9.07. The number of benzene rings is 1. The zero-order valence-electron chi connectivity index (χ0n) is 18.7. The minimum absolute atomic E-state index is 0.0396. The van der Waals surface area contributed by atoms with Crippen molar-refractivity contribution in [3.63, 3.8) is 0 Å². The van der Waals surface area contributed by atoms with Crippen molar-refractivity contribution in [1.29, 1.82) is 0 Å². The second-order valence-corrected chi connectivity index (χ2v) is 7.93. The van der Waals surface area contributed by atoms with Gasteiger partial charge in [-0.2, -0.15) is 0 Å². The summed E-state index contributed by atoms with van der Waals surface area (Å²) in [5.41, 5.74) is 1.89. The molecule has 2 N–H and O–H groups in total. The van der Waals surface area contributed by atoms with Crippen LogP contribution in [0.1, 0.15) is 55.5 Å². The Morgan fingerprint density at radius 2 is 2.07 bits per heavy atom. The average Bonchev–Trinajstić information content (AvgIpc) is 2.73. The highest BCUT2D eigenvalue weighted by Gasteiger charge is 2.19. The van der Waals surface area contributed by atoms with E-state index in [2.05, 4.69) is 35.4 Å². The van der Waals surface area contributed by atoms with Gasteiger partial charge >= 0.3 is 0 Å². The van der Waals surface area contributed by atoms with E-state index in [0.29, 0.717) is 0 Å². The number of carbonyl (C=O) groups is 1. The van der Waals surface area contributed by atoms with Crippen molar-refractivity contribution in [1.82, 2.24) is 20.4 Å². The molecule has 1 aliphatic heterocycles. The van der Waals surface area contributed by atoms with Crippen molar-refractivity contribution in [3.8, 4) is 0 Å². The van der Waals surface area contributed by atoms with Gasteiger partial charge in [0, 0.05) is 45.3 Å². The van der Waals surface area contributed by atoms with Crippen LogP contribution in [-0.4, -0.2) is 74.5 Å². The summed E-state index contributed by atoms with van der Waals surface area (Å²) in [6.07, 6.45) is 6.09. The van der Waals surface area contributed by atoms with Crippen molar-refractivity contribution in [2.45, 2.75) is 52.0 Å². The quantitative estimate of drug-likeness (QED) is 0.493. The SMILES string of the molecule is CCNC(=NCCN1CCCCC1CC)NCCc1cccc(C(=O)N(C)C)c1. The monoisotopic (exact) mass is 401 g/mol. The highest BCUT2D eigenvalue weighted by molar-refractivity contribution is 5.94. The van der Waals surface area contributed by atoms with Gasteiger partial charge in [-0.15, -0.1) is 0 Å². The molecule has 1 heterocycles. The highest BCUT2D eigenvalue weighted by atomic mass is 16.2. The Morgan fingerprint density at radius 3 is 2.79 bits per heavy atom. The third-order valence-corrected chi connectivity index (χ3v) is 5.51. The lowest BCUT2D eigenvalue weighted by atomic mass is 10.0. The predicted octanol–water partition coefficient (Wildman–Crippen LogP) is 2.75. The van der Waals surface area contributed by atoms with E-state index in [-0.39, 0.29) is 5.91 Å². The Bertz CT molecular complexity index is 658. The molecule has 1 aliphatic rings. The van der Waals surface area contributed by atoms with Gasteiger partial charge in [-0.1, -0.05) is 25.5 Å². The van der Waals surface area contributed by atoms with E-state index in [9.17, 15) is 4.79 Å². The van der Waals surface area contributed by atoms with Crippen molar-refractivity contribution >= 4 is 11.9 Å². The molecule has 1 aromatic rings. The lowest BCUT2D eigenvalue weighted by Crippen LogP contribution is -2.42. The molecule has 0 radical (unpaired) electrons. The van der Waals surface area contributed by atoms with Gasteiger partial charge in [-0.3, -0.25) is 14.7 Å².